The summed E-state index contributed by atoms with van der Waals surface area (Å²) in [5.74, 6) is -1.48. The Labute approximate surface area is 179 Å². The first-order valence-corrected chi connectivity index (χ1v) is 10.9. The third kappa shape index (κ3) is 13.6. The third-order valence-electron chi connectivity index (χ3n) is 4.42. The predicted octanol–water partition coefficient (Wildman–Crippen LogP) is 4.89. The summed E-state index contributed by atoms with van der Waals surface area (Å²) in [5.41, 5.74) is 0.253. The van der Waals surface area contributed by atoms with Gasteiger partial charge in [-0.2, -0.15) is 0 Å². The maximum absolute atomic E-state index is 11.5. The van der Waals surface area contributed by atoms with E-state index in [1.165, 1.54) is 19.1 Å². The summed E-state index contributed by atoms with van der Waals surface area (Å²) in [6, 6.07) is 5.58. The van der Waals surface area contributed by atoms with Crippen molar-refractivity contribution < 1.29 is 29.3 Å². The summed E-state index contributed by atoms with van der Waals surface area (Å²) in [7, 11) is 0. The average molecular weight is 424 g/mol. The Hall–Kier alpha value is -2.57. The minimum absolute atomic E-state index is 0.201. The first kappa shape index (κ1) is 27.4. The zero-order valence-corrected chi connectivity index (χ0v) is 18.5. The Balaban J connectivity index is 0.00000407. The van der Waals surface area contributed by atoms with Gasteiger partial charge >= 0.3 is 11.9 Å². The molecule has 1 rings (SSSR count). The van der Waals surface area contributed by atoms with Crippen LogP contribution in [-0.4, -0.2) is 40.7 Å². The van der Waals surface area contributed by atoms with Gasteiger partial charge in [0.05, 0.1) is 12.2 Å². The second kappa shape index (κ2) is 17.3. The molecule has 7 nitrogen and oxygen atoms in total. The third-order valence-corrected chi connectivity index (χ3v) is 4.42. The number of carboxylic acids is 2. The van der Waals surface area contributed by atoms with Gasteiger partial charge in [0.15, 0.2) is 0 Å². The highest BCUT2D eigenvalue weighted by atomic mass is 16.5. The first-order chi connectivity index (χ1) is 14.4. The van der Waals surface area contributed by atoms with Crippen LogP contribution < -0.4 is 10.1 Å². The summed E-state index contributed by atoms with van der Waals surface area (Å²) in [6.45, 7) is 6.08. The molecule has 3 N–H and O–H groups in total. The van der Waals surface area contributed by atoms with Crippen molar-refractivity contribution in [1.82, 2.24) is 5.32 Å². The fourth-order valence-corrected chi connectivity index (χ4v) is 2.71. The Morgan fingerprint density at radius 3 is 1.87 bits per heavy atom. The summed E-state index contributed by atoms with van der Waals surface area (Å²) in [4.78, 5) is 32.9. The molecular weight excluding hydrogens is 386 g/mol. The van der Waals surface area contributed by atoms with E-state index in [4.69, 9.17) is 14.9 Å². The van der Waals surface area contributed by atoms with E-state index in [-0.39, 0.29) is 11.5 Å². The molecule has 0 aliphatic heterocycles. The lowest BCUT2D eigenvalue weighted by atomic mass is 10.1. The molecule has 0 radical (unpaired) electrons. The molecule has 0 saturated carbocycles. The second-order valence-corrected chi connectivity index (χ2v) is 6.88. The molecule has 0 spiro atoms. The van der Waals surface area contributed by atoms with Crippen LogP contribution in [0.25, 0.3) is 0 Å². The molecule has 1 aromatic carbocycles. The maximum atomic E-state index is 11.5. The SMILES string of the molecule is CC.C[C@H](NC(=O)CCCCCCCCCCOc1ccc(C(=O)O)cc1)C(=O)O. The molecule has 1 atom stereocenters. The van der Waals surface area contributed by atoms with E-state index in [0.29, 0.717) is 18.8 Å². The minimum atomic E-state index is -1.02. The molecule has 0 unspecified atom stereocenters. The van der Waals surface area contributed by atoms with E-state index in [1.54, 1.807) is 12.1 Å². The van der Waals surface area contributed by atoms with Gasteiger partial charge in [-0.3, -0.25) is 9.59 Å². The van der Waals surface area contributed by atoms with Crippen molar-refractivity contribution in [2.45, 2.75) is 84.6 Å². The van der Waals surface area contributed by atoms with Gasteiger partial charge < -0.3 is 20.3 Å². The molecule has 30 heavy (non-hydrogen) atoms. The Morgan fingerprint density at radius 1 is 0.867 bits per heavy atom. The normalized spacial score (nSPS) is 11.0. The van der Waals surface area contributed by atoms with Crippen molar-refractivity contribution in [3.8, 4) is 5.75 Å². The highest BCUT2D eigenvalue weighted by Crippen LogP contribution is 2.14. The van der Waals surface area contributed by atoms with Crippen LogP contribution in [0.5, 0.6) is 5.75 Å². The standard InChI is InChI=1S/C21H31NO6.C2H6/c1-16(20(24)25)22-19(23)10-8-6-4-2-3-5-7-9-15-28-18-13-11-17(12-14-18)21(26)27;1-2/h11-14,16H,2-10,15H2,1H3,(H,22,23)(H,24,25)(H,26,27);1-2H3/t16-;/m0./s1. The highest BCUT2D eigenvalue weighted by Gasteiger charge is 2.13. The summed E-state index contributed by atoms with van der Waals surface area (Å²) in [6.07, 6.45) is 8.68. The van der Waals surface area contributed by atoms with Gasteiger partial charge in [-0.1, -0.05) is 52.4 Å². The average Bonchev–Trinajstić information content (AvgIpc) is 2.73. The lowest BCUT2D eigenvalue weighted by molar-refractivity contribution is -0.141. The van der Waals surface area contributed by atoms with Gasteiger partial charge in [0, 0.05) is 6.42 Å². The summed E-state index contributed by atoms with van der Waals surface area (Å²) < 4.78 is 5.60. The number of hydrogen-bond donors (Lipinski definition) is 3. The van der Waals surface area contributed by atoms with Crippen molar-refractivity contribution >= 4 is 17.8 Å². The molecule has 0 saturated heterocycles. The molecular formula is C23H37NO6. The number of carbonyl (C=O) groups excluding carboxylic acids is 1. The van der Waals surface area contributed by atoms with Crippen LogP contribution in [0, 0.1) is 0 Å². The molecule has 0 fully saturated rings. The zero-order chi connectivity index (χ0) is 22.8. The van der Waals surface area contributed by atoms with Gasteiger partial charge in [0.25, 0.3) is 0 Å². The monoisotopic (exact) mass is 423 g/mol. The quantitative estimate of drug-likeness (QED) is 0.346. The fourth-order valence-electron chi connectivity index (χ4n) is 2.71. The van der Waals surface area contributed by atoms with Crippen LogP contribution in [0.4, 0.5) is 0 Å². The fraction of sp³-hybridized carbons (Fsp3) is 0.609. The molecule has 0 bridgehead atoms. The van der Waals surface area contributed by atoms with Crippen LogP contribution in [0.1, 0.15) is 88.9 Å². The van der Waals surface area contributed by atoms with Crippen molar-refractivity contribution in [2.75, 3.05) is 6.61 Å². The van der Waals surface area contributed by atoms with E-state index < -0.39 is 18.0 Å². The van der Waals surface area contributed by atoms with Crippen LogP contribution >= 0.6 is 0 Å². The number of benzene rings is 1. The molecule has 1 aromatic rings. The minimum Gasteiger partial charge on any atom is -0.494 e. The number of aliphatic carboxylic acids is 1. The van der Waals surface area contributed by atoms with E-state index in [0.717, 1.165) is 51.4 Å². The lowest BCUT2D eigenvalue weighted by Crippen LogP contribution is -2.38. The van der Waals surface area contributed by atoms with Gasteiger partial charge in [-0.15, -0.1) is 0 Å². The Kier molecular flexibility index (Phi) is 15.8. The number of unbranched alkanes of at least 4 members (excludes halogenated alkanes) is 7. The lowest BCUT2D eigenvalue weighted by Gasteiger charge is -2.09. The number of nitrogens with one attached hydrogen (secondary N) is 1. The van der Waals surface area contributed by atoms with Gasteiger partial charge in [-0.25, -0.2) is 4.79 Å². The van der Waals surface area contributed by atoms with Crippen LogP contribution in [0.15, 0.2) is 24.3 Å². The van der Waals surface area contributed by atoms with E-state index in [2.05, 4.69) is 5.32 Å². The second-order valence-electron chi connectivity index (χ2n) is 6.88. The van der Waals surface area contributed by atoms with Crippen LogP contribution in [0.2, 0.25) is 0 Å². The molecule has 170 valence electrons. The molecule has 0 aromatic heterocycles. The summed E-state index contributed by atoms with van der Waals surface area (Å²) >= 11 is 0. The van der Waals surface area contributed by atoms with Crippen molar-refractivity contribution in [3.63, 3.8) is 0 Å². The van der Waals surface area contributed by atoms with Crippen molar-refractivity contribution in [1.29, 1.82) is 0 Å². The molecule has 0 heterocycles. The smallest absolute Gasteiger partial charge is 0.335 e. The first-order valence-electron chi connectivity index (χ1n) is 10.9. The zero-order valence-electron chi connectivity index (χ0n) is 18.5. The number of amides is 1. The molecule has 0 aliphatic carbocycles. The molecule has 1 amide bonds. The van der Waals surface area contributed by atoms with E-state index >= 15 is 0 Å². The number of hydrogen-bond acceptors (Lipinski definition) is 4. The highest BCUT2D eigenvalue weighted by molar-refractivity contribution is 5.87. The Bertz CT molecular complexity index is 615. The van der Waals surface area contributed by atoms with Crippen LogP contribution in [0.3, 0.4) is 0 Å². The molecule has 7 heteroatoms. The van der Waals surface area contributed by atoms with Gasteiger partial charge in [0.1, 0.15) is 11.8 Å². The van der Waals surface area contributed by atoms with E-state index in [9.17, 15) is 14.4 Å². The van der Waals surface area contributed by atoms with Gasteiger partial charge in [-0.05, 0) is 44.0 Å². The number of carbonyl (C=O) groups is 3. The predicted molar refractivity (Wildman–Crippen MR) is 117 cm³/mol. The molecule has 0 aliphatic rings. The number of aromatic carboxylic acids is 1. The topological polar surface area (TPSA) is 113 Å². The maximum Gasteiger partial charge on any atom is 0.335 e. The van der Waals surface area contributed by atoms with Gasteiger partial charge in [0.2, 0.25) is 5.91 Å². The van der Waals surface area contributed by atoms with E-state index in [1.807, 2.05) is 13.8 Å². The number of ether oxygens (including phenoxy) is 1. The number of rotatable bonds is 15. The van der Waals surface area contributed by atoms with Crippen molar-refractivity contribution in [2.24, 2.45) is 0 Å². The summed E-state index contributed by atoms with van der Waals surface area (Å²) in [5, 5.41) is 20.0. The van der Waals surface area contributed by atoms with Crippen molar-refractivity contribution in [3.05, 3.63) is 29.8 Å². The number of carboxylic acid groups (broad SMARTS) is 2. The Morgan fingerprint density at radius 2 is 1.37 bits per heavy atom. The largest absolute Gasteiger partial charge is 0.494 e. The van der Waals surface area contributed by atoms with Crippen LogP contribution in [-0.2, 0) is 9.59 Å².